The summed E-state index contributed by atoms with van der Waals surface area (Å²) in [4.78, 5) is 11.6. The van der Waals surface area contributed by atoms with E-state index in [9.17, 15) is 4.79 Å². The number of carbonyl (C=O) groups excluding carboxylic acids is 1. The van der Waals surface area contributed by atoms with E-state index >= 15 is 0 Å². The molecule has 1 aromatic carbocycles. The Labute approximate surface area is 121 Å². The van der Waals surface area contributed by atoms with Crippen LogP contribution in [0.3, 0.4) is 0 Å². The highest BCUT2D eigenvalue weighted by atomic mass is 16.5. The number of methoxy groups -OCH3 is 1. The van der Waals surface area contributed by atoms with Crippen molar-refractivity contribution in [3.05, 3.63) is 29.8 Å². The minimum absolute atomic E-state index is 0.216. The number of urea groups is 1. The number of hydrogen-bond donors (Lipinski definition) is 3. The first kappa shape index (κ1) is 16.5. The second kappa shape index (κ2) is 9.34. The highest BCUT2D eigenvalue weighted by Crippen LogP contribution is 2.15. The second-order valence-electron chi connectivity index (χ2n) is 4.67. The quantitative estimate of drug-likeness (QED) is 0.641. The number of amides is 2. The van der Waals surface area contributed by atoms with Gasteiger partial charge in [0.05, 0.1) is 6.61 Å². The summed E-state index contributed by atoms with van der Waals surface area (Å²) in [7, 11) is 1.60. The van der Waals surface area contributed by atoms with Crippen molar-refractivity contribution in [1.29, 1.82) is 0 Å². The van der Waals surface area contributed by atoms with Crippen molar-refractivity contribution in [2.75, 3.05) is 32.1 Å². The molecular formula is C15H25N3O2. The third-order valence-corrected chi connectivity index (χ3v) is 2.96. The predicted octanol–water partition coefficient (Wildman–Crippen LogP) is 2.52. The van der Waals surface area contributed by atoms with Crippen LogP contribution in [0.25, 0.3) is 0 Å². The van der Waals surface area contributed by atoms with E-state index in [-0.39, 0.29) is 6.03 Å². The number of rotatable bonds is 8. The van der Waals surface area contributed by atoms with E-state index in [4.69, 9.17) is 4.74 Å². The Hall–Kier alpha value is -1.59. The lowest BCUT2D eigenvalue weighted by molar-refractivity contribution is 0.198. The average Bonchev–Trinajstić information content (AvgIpc) is 2.46. The minimum Gasteiger partial charge on any atom is -0.383 e. The second-order valence-corrected chi connectivity index (χ2v) is 4.67. The highest BCUT2D eigenvalue weighted by Gasteiger charge is 2.05. The molecule has 0 spiro atoms. The lowest BCUT2D eigenvalue weighted by Gasteiger charge is -2.14. The van der Waals surface area contributed by atoms with E-state index in [2.05, 4.69) is 29.8 Å². The van der Waals surface area contributed by atoms with Crippen molar-refractivity contribution < 1.29 is 9.53 Å². The SMILES string of the molecule is CCCNC(C)c1ccc(NC(=O)NCCOC)cc1. The highest BCUT2D eigenvalue weighted by molar-refractivity contribution is 5.89. The first-order chi connectivity index (χ1) is 9.67. The van der Waals surface area contributed by atoms with Crippen molar-refractivity contribution in [1.82, 2.24) is 10.6 Å². The lowest BCUT2D eigenvalue weighted by Crippen LogP contribution is -2.31. The molecule has 5 heteroatoms. The molecule has 1 atom stereocenters. The molecule has 0 saturated heterocycles. The van der Waals surface area contributed by atoms with Gasteiger partial charge in [-0.1, -0.05) is 19.1 Å². The van der Waals surface area contributed by atoms with Gasteiger partial charge in [0, 0.05) is 25.4 Å². The molecule has 0 aliphatic carbocycles. The molecule has 0 saturated carbocycles. The fourth-order valence-electron chi connectivity index (χ4n) is 1.78. The summed E-state index contributed by atoms with van der Waals surface area (Å²) in [5.74, 6) is 0. The molecular weight excluding hydrogens is 254 g/mol. The zero-order valence-corrected chi connectivity index (χ0v) is 12.5. The van der Waals surface area contributed by atoms with E-state index < -0.39 is 0 Å². The maximum absolute atomic E-state index is 11.6. The summed E-state index contributed by atoms with van der Waals surface area (Å²) < 4.78 is 4.87. The molecule has 0 bridgehead atoms. The molecule has 0 heterocycles. The van der Waals surface area contributed by atoms with Crippen LogP contribution in [0.4, 0.5) is 10.5 Å². The van der Waals surface area contributed by atoms with Gasteiger partial charge in [-0.2, -0.15) is 0 Å². The Morgan fingerprint density at radius 2 is 1.95 bits per heavy atom. The van der Waals surface area contributed by atoms with Crippen LogP contribution in [0.2, 0.25) is 0 Å². The zero-order valence-electron chi connectivity index (χ0n) is 12.5. The first-order valence-electron chi connectivity index (χ1n) is 7.04. The lowest BCUT2D eigenvalue weighted by atomic mass is 10.1. The van der Waals surface area contributed by atoms with E-state index in [0.29, 0.717) is 19.2 Å². The Bertz CT molecular complexity index is 393. The summed E-state index contributed by atoms with van der Waals surface area (Å²) in [5, 5.41) is 8.92. The van der Waals surface area contributed by atoms with Gasteiger partial charge in [-0.3, -0.25) is 0 Å². The maximum atomic E-state index is 11.6. The Balaban J connectivity index is 2.43. The van der Waals surface area contributed by atoms with Crippen LogP contribution in [0.5, 0.6) is 0 Å². The number of nitrogens with one attached hydrogen (secondary N) is 3. The standard InChI is InChI=1S/C15H25N3O2/c1-4-9-16-12(2)13-5-7-14(8-6-13)18-15(19)17-10-11-20-3/h5-8,12,16H,4,9-11H2,1-3H3,(H2,17,18,19). The molecule has 0 radical (unpaired) electrons. The number of ether oxygens (including phenoxy) is 1. The normalized spacial score (nSPS) is 11.9. The van der Waals surface area contributed by atoms with Gasteiger partial charge >= 0.3 is 6.03 Å². The van der Waals surface area contributed by atoms with Gasteiger partial charge in [0.15, 0.2) is 0 Å². The Morgan fingerprint density at radius 1 is 1.25 bits per heavy atom. The van der Waals surface area contributed by atoms with Gasteiger partial charge in [-0.05, 0) is 37.6 Å². The number of benzene rings is 1. The van der Waals surface area contributed by atoms with E-state index in [1.165, 1.54) is 5.56 Å². The first-order valence-corrected chi connectivity index (χ1v) is 7.04. The number of hydrogen-bond acceptors (Lipinski definition) is 3. The molecule has 1 unspecified atom stereocenters. The predicted molar refractivity (Wildman–Crippen MR) is 82.0 cm³/mol. The molecule has 20 heavy (non-hydrogen) atoms. The molecule has 2 amide bonds. The van der Waals surface area contributed by atoms with E-state index in [1.807, 2.05) is 24.3 Å². The largest absolute Gasteiger partial charge is 0.383 e. The van der Waals surface area contributed by atoms with Crippen LogP contribution in [-0.4, -0.2) is 32.8 Å². The summed E-state index contributed by atoms with van der Waals surface area (Å²) in [6.45, 7) is 6.29. The number of carbonyl (C=O) groups is 1. The van der Waals surface area contributed by atoms with Crippen LogP contribution in [0.1, 0.15) is 31.9 Å². The molecule has 1 rings (SSSR count). The van der Waals surface area contributed by atoms with Crippen LogP contribution >= 0.6 is 0 Å². The number of anilines is 1. The van der Waals surface area contributed by atoms with Crippen LogP contribution in [-0.2, 0) is 4.74 Å². The Morgan fingerprint density at radius 3 is 2.55 bits per heavy atom. The van der Waals surface area contributed by atoms with Crippen LogP contribution < -0.4 is 16.0 Å². The van der Waals surface area contributed by atoms with Gasteiger partial charge < -0.3 is 20.7 Å². The molecule has 0 aromatic heterocycles. The van der Waals surface area contributed by atoms with E-state index in [0.717, 1.165) is 18.7 Å². The van der Waals surface area contributed by atoms with Gasteiger partial charge in [-0.15, -0.1) is 0 Å². The maximum Gasteiger partial charge on any atom is 0.319 e. The molecule has 5 nitrogen and oxygen atoms in total. The van der Waals surface area contributed by atoms with Crippen LogP contribution in [0.15, 0.2) is 24.3 Å². The fourth-order valence-corrected chi connectivity index (χ4v) is 1.78. The molecule has 3 N–H and O–H groups in total. The Kier molecular flexibility index (Phi) is 7.69. The van der Waals surface area contributed by atoms with Crippen molar-refractivity contribution in [3.63, 3.8) is 0 Å². The fraction of sp³-hybridized carbons (Fsp3) is 0.533. The van der Waals surface area contributed by atoms with Gasteiger partial charge in [0.2, 0.25) is 0 Å². The summed E-state index contributed by atoms with van der Waals surface area (Å²) in [5.41, 5.74) is 2.00. The third-order valence-electron chi connectivity index (χ3n) is 2.96. The molecule has 0 fully saturated rings. The average molecular weight is 279 g/mol. The topological polar surface area (TPSA) is 62.4 Å². The minimum atomic E-state index is -0.216. The zero-order chi connectivity index (χ0) is 14.8. The van der Waals surface area contributed by atoms with Crippen LogP contribution in [0, 0.1) is 0 Å². The molecule has 0 aliphatic heterocycles. The van der Waals surface area contributed by atoms with Crippen molar-refractivity contribution in [2.45, 2.75) is 26.3 Å². The van der Waals surface area contributed by atoms with Crippen molar-refractivity contribution in [2.24, 2.45) is 0 Å². The van der Waals surface area contributed by atoms with E-state index in [1.54, 1.807) is 7.11 Å². The summed E-state index contributed by atoms with van der Waals surface area (Å²) in [6.07, 6.45) is 1.12. The smallest absolute Gasteiger partial charge is 0.319 e. The monoisotopic (exact) mass is 279 g/mol. The van der Waals surface area contributed by atoms with Crippen molar-refractivity contribution >= 4 is 11.7 Å². The molecule has 112 valence electrons. The molecule has 1 aromatic rings. The third kappa shape index (κ3) is 6.04. The van der Waals surface area contributed by atoms with Crippen molar-refractivity contribution in [3.8, 4) is 0 Å². The molecule has 0 aliphatic rings. The van der Waals surface area contributed by atoms with Gasteiger partial charge in [0.25, 0.3) is 0 Å². The van der Waals surface area contributed by atoms with Gasteiger partial charge in [0.1, 0.15) is 0 Å². The summed E-state index contributed by atoms with van der Waals surface area (Å²) in [6, 6.07) is 7.98. The van der Waals surface area contributed by atoms with Gasteiger partial charge in [-0.25, -0.2) is 4.79 Å². The summed E-state index contributed by atoms with van der Waals surface area (Å²) >= 11 is 0.